The summed E-state index contributed by atoms with van der Waals surface area (Å²) in [7, 11) is 0. The van der Waals surface area contributed by atoms with Gasteiger partial charge in [0.15, 0.2) is 0 Å². The van der Waals surface area contributed by atoms with Crippen LogP contribution in [-0.2, 0) is 4.79 Å². The number of anilines is 2. The number of benzene rings is 1. The maximum Gasteiger partial charge on any atom is 0.243 e. The molecule has 0 saturated heterocycles. The van der Waals surface area contributed by atoms with Gasteiger partial charge < -0.3 is 10.6 Å². The quantitative estimate of drug-likeness (QED) is 0.646. The number of nitrogens with two attached hydrogens (primary N) is 1. The fourth-order valence-electron chi connectivity index (χ4n) is 1.90. The van der Waals surface area contributed by atoms with E-state index >= 15 is 0 Å². The molecule has 1 aromatic rings. The predicted octanol–water partition coefficient (Wildman–Crippen LogP) is 2.67. The van der Waals surface area contributed by atoms with Gasteiger partial charge in [-0.2, -0.15) is 0 Å². The minimum Gasteiger partial charge on any atom is -0.399 e. The molecule has 4 heteroatoms. The Labute approximate surface area is 106 Å². The zero-order valence-corrected chi connectivity index (χ0v) is 10.9. The van der Waals surface area contributed by atoms with E-state index in [0.29, 0.717) is 6.54 Å². The van der Waals surface area contributed by atoms with E-state index in [-0.39, 0.29) is 5.91 Å². The summed E-state index contributed by atoms with van der Waals surface area (Å²) in [5, 5.41) is 0. The highest BCUT2D eigenvalue weighted by molar-refractivity contribution is 8.01. The van der Waals surface area contributed by atoms with Crippen LogP contribution in [0.4, 0.5) is 11.4 Å². The molecule has 1 aliphatic rings. The Bertz CT molecular complexity index is 482. The Morgan fingerprint density at radius 2 is 2.24 bits per heavy atom. The number of amides is 1. The number of nitrogen functional groups attached to an aromatic ring is 1. The van der Waals surface area contributed by atoms with Crippen molar-refractivity contribution in [1.29, 1.82) is 0 Å². The highest BCUT2D eigenvalue weighted by Gasteiger charge is 2.39. The molecule has 0 radical (unpaired) electrons. The number of rotatable bonds is 2. The lowest BCUT2D eigenvalue weighted by Gasteiger charge is -2.37. The van der Waals surface area contributed by atoms with Crippen LogP contribution >= 0.6 is 11.8 Å². The summed E-state index contributed by atoms with van der Waals surface area (Å²) < 4.78 is -0.455. The van der Waals surface area contributed by atoms with Gasteiger partial charge in [-0.1, -0.05) is 6.08 Å². The van der Waals surface area contributed by atoms with E-state index in [1.165, 1.54) is 0 Å². The molecule has 0 saturated carbocycles. The number of fused-ring (bicyclic) bond motifs is 1. The maximum absolute atomic E-state index is 12.3. The molecule has 0 aromatic heterocycles. The van der Waals surface area contributed by atoms with E-state index in [2.05, 4.69) is 6.58 Å². The fourth-order valence-corrected chi connectivity index (χ4v) is 3.12. The molecule has 0 fully saturated rings. The van der Waals surface area contributed by atoms with Gasteiger partial charge in [0.25, 0.3) is 0 Å². The summed E-state index contributed by atoms with van der Waals surface area (Å²) in [4.78, 5) is 15.1. The Morgan fingerprint density at radius 1 is 1.53 bits per heavy atom. The molecule has 17 heavy (non-hydrogen) atoms. The van der Waals surface area contributed by atoms with Crippen molar-refractivity contribution < 1.29 is 4.79 Å². The third-order valence-electron chi connectivity index (χ3n) is 2.71. The van der Waals surface area contributed by atoms with Crippen molar-refractivity contribution in [3.05, 3.63) is 30.9 Å². The summed E-state index contributed by atoms with van der Waals surface area (Å²) in [6.45, 7) is 8.10. The molecule has 0 aliphatic carbocycles. The molecular formula is C13H16N2OS. The van der Waals surface area contributed by atoms with Crippen molar-refractivity contribution in [2.75, 3.05) is 17.2 Å². The number of thioether (sulfide) groups is 1. The van der Waals surface area contributed by atoms with Gasteiger partial charge in [-0.3, -0.25) is 4.79 Å². The lowest BCUT2D eigenvalue weighted by molar-refractivity contribution is -0.120. The van der Waals surface area contributed by atoms with E-state index in [1.54, 1.807) is 22.7 Å². The summed E-state index contributed by atoms with van der Waals surface area (Å²) in [5.41, 5.74) is 7.43. The Kier molecular flexibility index (Phi) is 2.91. The molecular weight excluding hydrogens is 232 g/mol. The second-order valence-corrected chi connectivity index (χ2v) is 6.21. The van der Waals surface area contributed by atoms with Gasteiger partial charge in [0.2, 0.25) is 5.91 Å². The molecule has 1 aromatic carbocycles. The average molecular weight is 248 g/mol. The molecule has 1 heterocycles. The lowest BCUT2D eigenvalue weighted by Crippen LogP contribution is -2.46. The van der Waals surface area contributed by atoms with E-state index in [4.69, 9.17) is 5.73 Å². The number of carbonyl (C=O) groups excluding carboxylic acids is 1. The first-order valence-electron chi connectivity index (χ1n) is 5.47. The topological polar surface area (TPSA) is 46.3 Å². The van der Waals surface area contributed by atoms with E-state index in [1.807, 2.05) is 32.0 Å². The van der Waals surface area contributed by atoms with Gasteiger partial charge in [-0.15, -0.1) is 18.3 Å². The highest BCUT2D eigenvalue weighted by Crippen LogP contribution is 2.45. The van der Waals surface area contributed by atoms with Gasteiger partial charge in [0.05, 0.1) is 10.4 Å². The van der Waals surface area contributed by atoms with Crippen molar-refractivity contribution >= 4 is 29.0 Å². The smallest absolute Gasteiger partial charge is 0.243 e. The molecule has 3 nitrogen and oxygen atoms in total. The molecule has 0 spiro atoms. The standard InChI is InChI=1S/C13H16N2OS/c1-4-7-15-10-6-5-9(14)8-11(10)17-13(2,3)12(15)16/h4-6,8H,1,7,14H2,2-3H3. The molecule has 90 valence electrons. The second kappa shape index (κ2) is 4.11. The molecule has 1 aliphatic heterocycles. The Morgan fingerprint density at radius 3 is 2.88 bits per heavy atom. The number of hydrogen-bond donors (Lipinski definition) is 1. The van der Waals surface area contributed by atoms with Crippen LogP contribution in [0, 0.1) is 0 Å². The van der Waals surface area contributed by atoms with E-state index in [9.17, 15) is 4.79 Å². The number of carbonyl (C=O) groups is 1. The largest absolute Gasteiger partial charge is 0.399 e. The van der Waals surface area contributed by atoms with Gasteiger partial charge in [-0.25, -0.2) is 0 Å². The van der Waals surface area contributed by atoms with Crippen molar-refractivity contribution in [3.63, 3.8) is 0 Å². The number of nitrogens with zero attached hydrogens (tertiary/aromatic N) is 1. The summed E-state index contributed by atoms with van der Waals surface area (Å²) >= 11 is 1.56. The lowest BCUT2D eigenvalue weighted by atomic mass is 10.1. The summed E-state index contributed by atoms with van der Waals surface area (Å²) in [5.74, 6) is 0.111. The van der Waals surface area contributed by atoms with Crippen LogP contribution in [0.5, 0.6) is 0 Å². The minimum absolute atomic E-state index is 0.111. The van der Waals surface area contributed by atoms with Crippen LogP contribution in [0.3, 0.4) is 0 Å². The number of hydrogen-bond acceptors (Lipinski definition) is 3. The third kappa shape index (κ3) is 2.05. The van der Waals surface area contributed by atoms with Crippen molar-refractivity contribution in [1.82, 2.24) is 0 Å². The monoisotopic (exact) mass is 248 g/mol. The normalized spacial score (nSPS) is 17.8. The fraction of sp³-hybridized carbons (Fsp3) is 0.308. The van der Waals surface area contributed by atoms with Crippen LogP contribution in [0.15, 0.2) is 35.7 Å². The maximum atomic E-state index is 12.3. The SMILES string of the molecule is C=CCN1C(=O)C(C)(C)Sc2cc(N)ccc21. The molecule has 0 atom stereocenters. The van der Waals surface area contributed by atoms with E-state index < -0.39 is 4.75 Å². The zero-order chi connectivity index (χ0) is 12.6. The Hall–Kier alpha value is -1.42. The molecule has 0 bridgehead atoms. The first-order chi connectivity index (χ1) is 7.95. The van der Waals surface area contributed by atoms with Crippen LogP contribution < -0.4 is 10.6 Å². The molecule has 2 rings (SSSR count). The van der Waals surface area contributed by atoms with Gasteiger partial charge in [-0.05, 0) is 32.0 Å². The van der Waals surface area contributed by atoms with Crippen molar-refractivity contribution in [2.45, 2.75) is 23.5 Å². The minimum atomic E-state index is -0.455. The zero-order valence-electron chi connectivity index (χ0n) is 10.1. The van der Waals surface area contributed by atoms with E-state index in [0.717, 1.165) is 16.3 Å². The first-order valence-corrected chi connectivity index (χ1v) is 6.29. The van der Waals surface area contributed by atoms with Crippen LogP contribution in [0.25, 0.3) is 0 Å². The molecule has 2 N–H and O–H groups in total. The third-order valence-corrected chi connectivity index (χ3v) is 3.94. The van der Waals surface area contributed by atoms with Crippen LogP contribution in [0.1, 0.15) is 13.8 Å². The molecule has 1 amide bonds. The summed E-state index contributed by atoms with van der Waals surface area (Å²) in [6, 6.07) is 5.64. The second-order valence-electron chi connectivity index (χ2n) is 4.54. The molecule has 0 unspecified atom stereocenters. The van der Waals surface area contributed by atoms with Gasteiger partial charge in [0, 0.05) is 17.1 Å². The van der Waals surface area contributed by atoms with Gasteiger partial charge in [0.1, 0.15) is 0 Å². The Balaban J connectivity index is 2.53. The van der Waals surface area contributed by atoms with Crippen LogP contribution in [-0.4, -0.2) is 17.2 Å². The average Bonchev–Trinajstić information content (AvgIpc) is 2.24. The van der Waals surface area contributed by atoms with Crippen molar-refractivity contribution in [2.24, 2.45) is 0 Å². The summed E-state index contributed by atoms with van der Waals surface area (Å²) in [6.07, 6.45) is 1.74. The van der Waals surface area contributed by atoms with Crippen LogP contribution in [0.2, 0.25) is 0 Å². The van der Waals surface area contributed by atoms with Gasteiger partial charge >= 0.3 is 0 Å². The first kappa shape index (κ1) is 12.0. The van der Waals surface area contributed by atoms with Crippen molar-refractivity contribution in [3.8, 4) is 0 Å². The highest BCUT2D eigenvalue weighted by atomic mass is 32.2. The predicted molar refractivity (Wildman–Crippen MR) is 73.3 cm³/mol.